The average Bonchev–Trinajstić information content (AvgIpc) is 3.04. The molecule has 0 spiro atoms. The third-order valence-corrected chi connectivity index (χ3v) is 3.87. The lowest BCUT2D eigenvalue weighted by atomic mass is 10.1. The van der Waals surface area contributed by atoms with Crippen LogP contribution in [-0.4, -0.2) is 30.5 Å². The summed E-state index contributed by atoms with van der Waals surface area (Å²) in [5.74, 6) is 0.985. The van der Waals surface area contributed by atoms with Gasteiger partial charge in [0.1, 0.15) is 18.1 Å². The highest BCUT2D eigenvalue weighted by Crippen LogP contribution is 2.33. The lowest BCUT2D eigenvalue weighted by molar-refractivity contribution is -0.128. The van der Waals surface area contributed by atoms with Gasteiger partial charge in [-0.2, -0.15) is 0 Å². The van der Waals surface area contributed by atoms with Crippen LogP contribution in [0.25, 0.3) is 0 Å². The molecule has 1 aliphatic rings. The largest absolute Gasteiger partial charge is 0.479 e. The molecule has 1 N–H and O–H groups in total. The van der Waals surface area contributed by atoms with Crippen molar-refractivity contribution in [1.82, 2.24) is 5.32 Å². The molecule has 0 radical (unpaired) electrons. The van der Waals surface area contributed by atoms with E-state index in [1.54, 1.807) is 25.3 Å². The SMILES string of the molecule is C[C@@H]1Oc2ccccc2N(CC(=O)N[C@@H](C)Cc2ccco2)C1=O. The molecular weight excluding hydrogens is 308 g/mol. The normalized spacial score (nSPS) is 17.8. The van der Waals surface area contributed by atoms with Crippen LogP contribution in [0.1, 0.15) is 19.6 Å². The summed E-state index contributed by atoms with van der Waals surface area (Å²) in [5, 5.41) is 2.90. The number of furan rings is 1. The summed E-state index contributed by atoms with van der Waals surface area (Å²) in [6, 6.07) is 10.8. The molecule has 0 saturated heterocycles. The van der Waals surface area contributed by atoms with Crippen molar-refractivity contribution in [2.45, 2.75) is 32.4 Å². The molecule has 1 aliphatic heterocycles. The second-order valence-electron chi connectivity index (χ2n) is 5.90. The molecule has 2 atom stereocenters. The molecule has 6 heteroatoms. The Morgan fingerprint density at radius 2 is 2.08 bits per heavy atom. The van der Waals surface area contributed by atoms with Crippen molar-refractivity contribution in [3.05, 3.63) is 48.4 Å². The molecule has 126 valence electrons. The van der Waals surface area contributed by atoms with Crippen LogP contribution in [0.2, 0.25) is 0 Å². The summed E-state index contributed by atoms with van der Waals surface area (Å²) < 4.78 is 10.9. The van der Waals surface area contributed by atoms with Crippen LogP contribution in [-0.2, 0) is 16.0 Å². The van der Waals surface area contributed by atoms with Crippen LogP contribution in [0, 0.1) is 0 Å². The lowest BCUT2D eigenvalue weighted by Crippen LogP contribution is -2.50. The summed E-state index contributed by atoms with van der Waals surface area (Å²) in [5.41, 5.74) is 0.620. The first-order chi connectivity index (χ1) is 11.5. The molecule has 0 fully saturated rings. The Morgan fingerprint density at radius 1 is 1.29 bits per heavy atom. The zero-order valence-electron chi connectivity index (χ0n) is 13.7. The fourth-order valence-electron chi connectivity index (χ4n) is 2.77. The Bertz CT molecular complexity index is 726. The molecule has 0 saturated carbocycles. The molecule has 0 bridgehead atoms. The zero-order chi connectivity index (χ0) is 17.1. The van der Waals surface area contributed by atoms with Gasteiger partial charge < -0.3 is 14.5 Å². The van der Waals surface area contributed by atoms with E-state index in [2.05, 4.69) is 5.32 Å². The monoisotopic (exact) mass is 328 g/mol. The summed E-state index contributed by atoms with van der Waals surface area (Å²) in [4.78, 5) is 26.2. The molecule has 1 aromatic carbocycles. The van der Waals surface area contributed by atoms with Gasteiger partial charge in [-0.25, -0.2) is 0 Å². The van der Waals surface area contributed by atoms with Gasteiger partial charge in [0.25, 0.3) is 5.91 Å². The number of hydrogen-bond donors (Lipinski definition) is 1. The maximum absolute atomic E-state index is 12.4. The number of anilines is 1. The van der Waals surface area contributed by atoms with Crippen molar-refractivity contribution in [2.24, 2.45) is 0 Å². The van der Waals surface area contributed by atoms with Crippen molar-refractivity contribution < 1.29 is 18.7 Å². The number of hydrogen-bond acceptors (Lipinski definition) is 4. The number of nitrogens with zero attached hydrogens (tertiary/aromatic N) is 1. The summed E-state index contributed by atoms with van der Waals surface area (Å²) in [7, 11) is 0. The smallest absolute Gasteiger partial charge is 0.268 e. The Hall–Kier alpha value is -2.76. The highest BCUT2D eigenvalue weighted by atomic mass is 16.5. The van der Waals surface area contributed by atoms with E-state index in [9.17, 15) is 9.59 Å². The number of para-hydroxylation sites is 2. The fraction of sp³-hybridized carbons (Fsp3) is 0.333. The quantitative estimate of drug-likeness (QED) is 0.913. The first-order valence-corrected chi connectivity index (χ1v) is 7.93. The molecule has 3 rings (SSSR count). The topological polar surface area (TPSA) is 71.8 Å². The number of carbonyl (C=O) groups excluding carboxylic acids is 2. The fourth-order valence-corrected chi connectivity index (χ4v) is 2.77. The molecular formula is C18H20N2O4. The highest BCUT2D eigenvalue weighted by molar-refractivity contribution is 6.03. The van der Waals surface area contributed by atoms with Crippen molar-refractivity contribution in [3.8, 4) is 5.75 Å². The Balaban J connectivity index is 1.66. The van der Waals surface area contributed by atoms with Crippen LogP contribution >= 0.6 is 0 Å². The van der Waals surface area contributed by atoms with E-state index in [4.69, 9.17) is 9.15 Å². The second kappa shape index (κ2) is 6.78. The standard InChI is InChI=1S/C18H20N2O4/c1-12(10-14-6-5-9-23-14)19-17(21)11-20-15-7-3-4-8-16(15)24-13(2)18(20)22/h3-9,12-13H,10-11H2,1-2H3,(H,19,21)/t12-,13-/m0/s1. The van der Waals surface area contributed by atoms with Gasteiger partial charge in [-0.05, 0) is 38.1 Å². The van der Waals surface area contributed by atoms with E-state index in [0.717, 1.165) is 5.76 Å². The van der Waals surface area contributed by atoms with Crippen LogP contribution in [0.3, 0.4) is 0 Å². The maximum Gasteiger partial charge on any atom is 0.268 e. The Kier molecular flexibility index (Phi) is 4.55. The van der Waals surface area contributed by atoms with Crippen LogP contribution in [0.15, 0.2) is 47.1 Å². The van der Waals surface area contributed by atoms with Crippen molar-refractivity contribution >= 4 is 17.5 Å². The number of ether oxygens (including phenoxy) is 1. The van der Waals surface area contributed by atoms with Crippen molar-refractivity contribution in [3.63, 3.8) is 0 Å². The van der Waals surface area contributed by atoms with E-state index >= 15 is 0 Å². The first kappa shape index (κ1) is 16.1. The third kappa shape index (κ3) is 3.42. The highest BCUT2D eigenvalue weighted by Gasteiger charge is 2.32. The van der Waals surface area contributed by atoms with E-state index in [-0.39, 0.29) is 24.4 Å². The summed E-state index contributed by atoms with van der Waals surface area (Å²) >= 11 is 0. The van der Waals surface area contributed by atoms with Crippen LogP contribution in [0.4, 0.5) is 5.69 Å². The Morgan fingerprint density at radius 3 is 2.83 bits per heavy atom. The van der Waals surface area contributed by atoms with Crippen molar-refractivity contribution in [2.75, 3.05) is 11.4 Å². The average molecular weight is 328 g/mol. The van der Waals surface area contributed by atoms with E-state index < -0.39 is 6.10 Å². The first-order valence-electron chi connectivity index (χ1n) is 7.93. The maximum atomic E-state index is 12.4. The van der Waals surface area contributed by atoms with Crippen LogP contribution < -0.4 is 15.0 Å². The predicted octanol–water partition coefficient (Wildman–Crippen LogP) is 2.14. The van der Waals surface area contributed by atoms with Gasteiger partial charge in [-0.1, -0.05) is 12.1 Å². The van der Waals surface area contributed by atoms with Crippen LogP contribution in [0.5, 0.6) is 5.75 Å². The number of carbonyl (C=O) groups is 2. The molecule has 2 heterocycles. The van der Waals surface area contributed by atoms with E-state index in [1.165, 1.54) is 4.90 Å². The molecule has 0 unspecified atom stereocenters. The second-order valence-corrected chi connectivity index (χ2v) is 5.90. The molecule has 2 aromatic rings. The lowest BCUT2D eigenvalue weighted by Gasteiger charge is -2.32. The van der Waals surface area contributed by atoms with Gasteiger partial charge in [0.15, 0.2) is 6.10 Å². The molecule has 1 aromatic heterocycles. The van der Waals surface area contributed by atoms with E-state index in [1.807, 2.05) is 31.2 Å². The summed E-state index contributed by atoms with van der Waals surface area (Å²) in [6.45, 7) is 3.55. The number of nitrogens with one attached hydrogen (secondary N) is 1. The minimum absolute atomic E-state index is 0.0357. The third-order valence-electron chi connectivity index (χ3n) is 3.87. The van der Waals surface area contributed by atoms with Gasteiger partial charge in [0, 0.05) is 12.5 Å². The van der Waals surface area contributed by atoms with E-state index in [0.29, 0.717) is 17.9 Å². The Labute approximate surface area is 140 Å². The number of rotatable bonds is 5. The minimum atomic E-state index is -0.603. The van der Waals surface area contributed by atoms with Gasteiger partial charge in [0.2, 0.25) is 5.91 Å². The van der Waals surface area contributed by atoms with Gasteiger partial charge >= 0.3 is 0 Å². The molecule has 6 nitrogen and oxygen atoms in total. The number of fused-ring (bicyclic) bond motifs is 1. The number of amides is 2. The van der Waals surface area contributed by atoms with Gasteiger partial charge in [-0.3, -0.25) is 14.5 Å². The molecule has 24 heavy (non-hydrogen) atoms. The molecule has 0 aliphatic carbocycles. The van der Waals surface area contributed by atoms with Gasteiger partial charge in [-0.15, -0.1) is 0 Å². The molecule has 2 amide bonds. The predicted molar refractivity (Wildman–Crippen MR) is 88.9 cm³/mol. The zero-order valence-corrected chi connectivity index (χ0v) is 13.7. The number of benzene rings is 1. The minimum Gasteiger partial charge on any atom is -0.479 e. The van der Waals surface area contributed by atoms with Gasteiger partial charge in [0.05, 0.1) is 12.0 Å². The van der Waals surface area contributed by atoms with Crippen molar-refractivity contribution in [1.29, 1.82) is 0 Å². The summed E-state index contributed by atoms with van der Waals surface area (Å²) in [6.07, 6.45) is 1.60.